The van der Waals surface area contributed by atoms with Crippen molar-refractivity contribution in [1.29, 1.82) is 0 Å². The maximum atomic E-state index is 11.4. The Balaban J connectivity index is 2.28. The summed E-state index contributed by atoms with van der Waals surface area (Å²) >= 11 is 13.1. The Hall–Kier alpha value is -0.290. The summed E-state index contributed by atoms with van der Waals surface area (Å²) < 4.78 is 1.36. The molecule has 0 bridgehead atoms. The van der Waals surface area contributed by atoms with Crippen molar-refractivity contribution in [2.45, 2.75) is 32.2 Å². The predicted molar refractivity (Wildman–Crippen MR) is 72.0 cm³/mol. The highest BCUT2D eigenvalue weighted by Crippen LogP contribution is 2.31. The monoisotopic (exact) mass is 295 g/mol. The summed E-state index contributed by atoms with van der Waals surface area (Å²) in [6.07, 6.45) is 1.88. The summed E-state index contributed by atoms with van der Waals surface area (Å²) in [6, 6.07) is 1.64. The minimum Gasteiger partial charge on any atom is -0.394 e. The van der Waals surface area contributed by atoms with Gasteiger partial charge in [0.2, 0.25) is 5.91 Å². The molecule has 96 valence electrons. The number of nitrogens with one attached hydrogen (secondary N) is 1. The lowest BCUT2D eigenvalue weighted by molar-refractivity contribution is -0.122. The molecule has 0 aliphatic rings. The molecule has 1 unspecified atom stereocenters. The van der Waals surface area contributed by atoms with Gasteiger partial charge in [-0.1, -0.05) is 23.2 Å². The Labute approximate surface area is 115 Å². The third-order valence-electron chi connectivity index (χ3n) is 2.26. The molecule has 0 aliphatic carbocycles. The van der Waals surface area contributed by atoms with Gasteiger partial charge in [0.1, 0.15) is 0 Å². The lowest BCUT2D eigenvalue weighted by Crippen LogP contribution is -2.34. The number of carbonyl (C=O) groups is 1. The number of aryl methyl sites for hydroxylation is 1. The van der Waals surface area contributed by atoms with Crippen molar-refractivity contribution in [3.8, 4) is 0 Å². The first-order valence-electron chi connectivity index (χ1n) is 5.37. The second kappa shape index (κ2) is 7.21. The zero-order valence-corrected chi connectivity index (χ0v) is 11.8. The first kappa shape index (κ1) is 14.8. The fourth-order valence-electron chi connectivity index (χ4n) is 1.38. The van der Waals surface area contributed by atoms with Crippen LogP contribution in [0.2, 0.25) is 8.67 Å². The van der Waals surface area contributed by atoms with Crippen molar-refractivity contribution in [3.05, 3.63) is 20.3 Å². The number of carbonyl (C=O) groups excluding carboxylic acids is 1. The molecule has 1 atom stereocenters. The van der Waals surface area contributed by atoms with Crippen LogP contribution in [0.5, 0.6) is 0 Å². The van der Waals surface area contributed by atoms with E-state index in [4.69, 9.17) is 28.3 Å². The van der Waals surface area contributed by atoms with Crippen LogP contribution in [0.25, 0.3) is 0 Å². The normalized spacial score (nSPS) is 12.5. The van der Waals surface area contributed by atoms with Crippen molar-refractivity contribution >= 4 is 40.4 Å². The molecule has 0 radical (unpaired) electrons. The van der Waals surface area contributed by atoms with Gasteiger partial charge in [0.15, 0.2) is 0 Å². The number of aliphatic hydroxyl groups excluding tert-OH is 1. The van der Waals surface area contributed by atoms with Crippen molar-refractivity contribution in [2.24, 2.45) is 0 Å². The van der Waals surface area contributed by atoms with Crippen LogP contribution in [0.4, 0.5) is 0 Å². The molecular weight excluding hydrogens is 281 g/mol. The molecule has 0 aromatic carbocycles. The zero-order valence-electron chi connectivity index (χ0n) is 9.50. The molecule has 1 rings (SSSR count). The van der Waals surface area contributed by atoms with Crippen molar-refractivity contribution in [1.82, 2.24) is 5.32 Å². The lowest BCUT2D eigenvalue weighted by Gasteiger charge is -2.10. The van der Waals surface area contributed by atoms with Crippen LogP contribution in [-0.2, 0) is 11.2 Å². The van der Waals surface area contributed by atoms with Gasteiger partial charge < -0.3 is 10.4 Å². The topological polar surface area (TPSA) is 49.3 Å². The summed E-state index contributed by atoms with van der Waals surface area (Å²) in [5, 5.41) is 11.5. The molecule has 0 saturated heterocycles. The van der Waals surface area contributed by atoms with E-state index in [1.807, 2.05) is 6.07 Å². The van der Waals surface area contributed by atoms with Crippen molar-refractivity contribution in [2.75, 3.05) is 6.61 Å². The molecule has 0 fully saturated rings. The second-order valence-electron chi connectivity index (χ2n) is 3.85. The minimum absolute atomic E-state index is 0.0439. The van der Waals surface area contributed by atoms with Gasteiger partial charge in [0.25, 0.3) is 0 Å². The number of aliphatic hydroxyl groups is 1. The van der Waals surface area contributed by atoms with Gasteiger partial charge in [-0.05, 0) is 31.4 Å². The molecule has 3 nitrogen and oxygen atoms in total. The van der Waals surface area contributed by atoms with Gasteiger partial charge in [-0.2, -0.15) is 0 Å². The Morgan fingerprint density at radius 1 is 1.59 bits per heavy atom. The lowest BCUT2D eigenvalue weighted by atomic mass is 10.1. The van der Waals surface area contributed by atoms with Gasteiger partial charge in [0.05, 0.1) is 15.3 Å². The van der Waals surface area contributed by atoms with Crippen molar-refractivity contribution < 1.29 is 9.90 Å². The van der Waals surface area contributed by atoms with E-state index in [-0.39, 0.29) is 18.6 Å². The Morgan fingerprint density at radius 3 is 2.82 bits per heavy atom. The van der Waals surface area contributed by atoms with Crippen LogP contribution in [0.1, 0.15) is 25.3 Å². The Morgan fingerprint density at radius 2 is 2.29 bits per heavy atom. The summed E-state index contributed by atoms with van der Waals surface area (Å²) in [5.41, 5.74) is 0.990. The fraction of sp³-hybridized carbons (Fsp3) is 0.545. The first-order chi connectivity index (χ1) is 8.02. The van der Waals surface area contributed by atoms with Crippen LogP contribution in [0.15, 0.2) is 6.07 Å². The largest absolute Gasteiger partial charge is 0.394 e. The van der Waals surface area contributed by atoms with E-state index < -0.39 is 0 Å². The quantitative estimate of drug-likeness (QED) is 0.848. The van der Waals surface area contributed by atoms with Crippen LogP contribution in [-0.4, -0.2) is 23.7 Å². The van der Waals surface area contributed by atoms with E-state index in [0.29, 0.717) is 15.1 Å². The van der Waals surface area contributed by atoms with Gasteiger partial charge in [0, 0.05) is 12.5 Å². The van der Waals surface area contributed by atoms with Crippen molar-refractivity contribution in [3.63, 3.8) is 0 Å². The predicted octanol–water partition coefficient (Wildman–Crippen LogP) is 2.87. The number of amides is 1. The van der Waals surface area contributed by atoms with Gasteiger partial charge in [-0.15, -0.1) is 11.3 Å². The summed E-state index contributed by atoms with van der Waals surface area (Å²) in [4.78, 5) is 11.4. The van der Waals surface area contributed by atoms with Crippen LogP contribution < -0.4 is 5.32 Å². The molecule has 2 N–H and O–H groups in total. The van der Waals surface area contributed by atoms with E-state index >= 15 is 0 Å². The molecule has 1 heterocycles. The van der Waals surface area contributed by atoms with Crippen LogP contribution >= 0.6 is 34.5 Å². The maximum absolute atomic E-state index is 11.4. The van der Waals surface area contributed by atoms with E-state index in [1.165, 1.54) is 11.3 Å². The SMILES string of the molecule is CC(CO)NC(=O)CCCc1cc(Cl)sc1Cl. The fourth-order valence-corrected chi connectivity index (χ4v) is 2.92. The smallest absolute Gasteiger partial charge is 0.220 e. The number of hydrogen-bond donors (Lipinski definition) is 2. The first-order valence-corrected chi connectivity index (χ1v) is 6.94. The van der Waals surface area contributed by atoms with E-state index in [1.54, 1.807) is 6.92 Å². The second-order valence-corrected chi connectivity index (χ2v) is 6.14. The van der Waals surface area contributed by atoms with Gasteiger partial charge in [-0.25, -0.2) is 0 Å². The highest BCUT2D eigenvalue weighted by Gasteiger charge is 2.08. The third kappa shape index (κ3) is 5.25. The molecule has 6 heteroatoms. The molecule has 17 heavy (non-hydrogen) atoms. The van der Waals surface area contributed by atoms with Crippen LogP contribution in [0, 0.1) is 0 Å². The van der Waals surface area contributed by atoms with E-state index in [0.717, 1.165) is 18.4 Å². The molecule has 0 aliphatic heterocycles. The maximum Gasteiger partial charge on any atom is 0.220 e. The molecule has 0 saturated carbocycles. The third-order valence-corrected chi connectivity index (χ3v) is 3.83. The van der Waals surface area contributed by atoms with Gasteiger partial charge in [-0.3, -0.25) is 4.79 Å². The summed E-state index contributed by atoms with van der Waals surface area (Å²) in [6.45, 7) is 1.71. The number of hydrogen-bond acceptors (Lipinski definition) is 3. The number of rotatable bonds is 6. The highest BCUT2D eigenvalue weighted by atomic mass is 35.5. The summed E-state index contributed by atoms with van der Waals surface area (Å²) in [7, 11) is 0. The highest BCUT2D eigenvalue weighted by molar-refractivity contribution is 7.20. The average Bonchev–Trinajstić information content (AvgIpc) is 2.57. The molecule has 1 amide bonds. The molecule has 0 spiro atoms. The van der Waals surface area contributed by atoms with Gasteiger partial charge >= 0.3 is 0 Å². The standard InChI is InChI=1S/C11H15Cl2NO2S/c1-7(6-15)14-10(16)4-2-3-8-5-9(12)17-11(8)13/h5,7,15H,2-4,6H2,1H3,(H,14,16). The Kier molecular flexibility index (Phi) is 6.27. The van der Waals surface area contributed by atoms with E-state index in [9.17, 15) is 4.79 Å². The Bertz CT molecular complexity index is 382. The van der Waals surface area contributed by atoms with Crippen LogP contribution in [0.3, 0.4) is 0 Å². The minimum atomic E-state index is -0.193. The zero-order chi connectivity index (χ0) is 12.8. The average molecular weight is 296 g/mol. The number of halogens is 2. The molecule has 1 aromatic rings. The molecule has 1 aromatic heterocycles. The molecular formula is C11H15Cl2NO2S. The number of thiophene rings is 1. The summed E-state index contributed by atoms with van der Waals surface area (Å²) in [5.74, 6) is -0.0519. The van der Waals surface area contributed by atoms with E-state index in [2.05, 4.69) is 5.32 Å².